The zero-order chi connectivity index (χ0) is 18.2. The van der Waals surface area contributed by atoms with Crippen LogP contribution in [0.4, 0.5) is 5.69 Å². The van der Waals surface area contributed by atoms with Gasteiger partial charge in [0.25, 0.3) is 5.91 Å². The van der Waals surface area contributed by atoms with Crippen molar-refractivity contribution >= 4 is 29.3 Å². The molecule has 0 aliphatic carbocycles. The van der Waals surface area contributed by atoms with Gasteiger partial charge in [0, 0.05) is 25.0 Å². The minimum Gasteiger partial charge on any atom is -0.495 e. The molecule has 1 atom stereocenters. The van der Waals surface area contributed by atoms with Crippen molar-refractivity contribution in [3.05, 3.63) is 48.3 Å². The zero-order valence-electron chi connectivity index (χ0n) is 14.6. The van der Waals surface area contributed by atoms with E-state index >= 15 is 0 Å². The Morgan fingerprint density at radius 2 is 2.00 bits per heavy atom. The van der Waals surface area contributed by atoms with Gasteiger partial charge in [0.2, 0.25) is 5.91 Å². The molecule has 7 heteroatoms. The monoisotopic (exact) mass is 361 g/mol. The second-order valence-electron chi connectivity index (χ2n) is 5.41. The number of hydrogen-bond donors (Lipinski definition) is 2. The van der Waals surface area contributed by atoms with Gasteiger partial charge in [0.1, 0.15) is 11.8 Å². The number of hydrogen-bond acceptors (Lipinski definition) is 4. The third-order valence-corrected chi connectivity index (χ3v) is 4.48. The summed E-state index contributed by atoms with van der Waals surface area (Å²) in [6.07, 6.45) is 6.48. The first kappa shape index (κ1) is 18.9. The molecule has 0 fully saturated rings. The van der Waals surface area contributed by atoms with Crippen LogP contribution < -0.4 is 15.4 Å². The van der Waals surface area contributed by atoms with Crippen molar-refractivity contribution in [2.75, 3.05) is 31.5 Å². The van der Waals surface area contributed by atoms with E-state index in [0.29, 0.717) is 23.4 Å². The molecule has 1 heterocycles. The van der Waals surface area contributed by atoms with Crippen LogP contribution in [0, 0.1) is 0 Å². The van der Waals surface area contributed by atoms with Gasteiger partial charge >= 0.3 is 0 Å². The Bertz CT molecular complexity index is 716. The van der Waals surface area contributed by atoms with E-state index in [0.717, 1.165) is 5.75 Å². The molecule has 0 radical (unpaired) electrons. The van der Waals surface area contributed by atoms with Gasteiger partial charge in [-0.3, -0.25) is 9.59 Å². The summed E-state index contributed by atoms with van der Waals surface area (Å²) in [6, 6.07) is 8.42. The number of rotatable bonds is 8. The Kier molecular flexibility index (Phi) is 6.94. The van der Waals surface area contributed by atoms with Gasteiger partial charge in [-0.15, -0.1) is 0 Å². The predicted molar refractivity (Wildman–Crippen MR) is 101 cm³/mol. The number of benzene rings is 1. The number of anilines is 1. The second-order valence-corrected chi connectivity index (χ2v) is 6.40. The van der Waals surface area contributed by atoms with Crippen LogP contribution in [-0.2, 0) is 4.79 Å². The van der Waals surface area contributed by atoms with Crippen LogP contribution in [0.2, 0.25) is 0 Å². The molecule has 0 aliphatic heterocycles. The maximum absolute atomic E-state index is 12.8. The van der Waals surface area contributed by atoms with Gasteiger partial charge in [0.15, 0.2) is 0 Å². The predicted octanol–water partition coefficient (Wildman–Crippen LogP) is 2.79. The molecule has 134 valence electrons. The summed E-state index contributed by atoms with van der Waals surface area (Å²) in [5.74, 6) is 1.02. The number of carbonyl (C=O) groups excluding carboxylic acids is 2. The van der Waals surface area contributed by atoms with E-state index in [1.165, 1.54) is 7.11 Å². The lowest BCUT2D eigenvalue weighted by molar-refractivity contribution is -0.119. The van der Waals surface area contributed by atoms with E-state index in [2.05, 4.69) is 10.6 Å². The molecule has 2 amide bonds. The topological polar surface area (TPSA) is 72.4 Å². The molecule has 2 rings (SSSR count). The number of ether oxygens (including phenoxy) is 1. The highest BCUT2D eigenvalue weighted by atomic mass is 32.2. The first-order valence-electron chi connectivity index (χ1n) is 7.93. The van der Waals surface area contributed by atoms with Gasteiger partial charge in [-0.25, -0.2) is 0 Å². The lowest BCUT2D eigenvalue weighted by atomic mass is 10.1. The summed E-state index contributed by atoms with van der Waals surface area (Å²) in [5, 5.41) is 5.48. The molecule has 0 spiro atoms. The van der Waals surface area contributed by atoms with E-state index < -0.39 is 0 Å². The fraction of sp³-hybridized carbons (Fsp3) is 0.333. The van der Waals surface area contributed by atoms with Gasteiger partial charge in [-0.1, -0.05) is 0 Å². The number of nitrogens with one attached hydrogen (secondary N) is 2. The van der Waals surface area contributed by atoms with Crippen molar-refractivity contribution in [2.24, 2.45) is 0 Å². The Hall–Kier alpha value is -2.41. The number of carbonyl (C=O) groups is 2. The second kappa shape index (κ2) is 9.17. The lowest BCUT2D eigenvalue weighted by Gasteiger charge is -2.19. The molecule has 6 nitrogen and oxygen atoms in total. The molecule has 0 saturated carbocycles. The fourth-order valence-electron chi connectivity index (χ4n) is 2.51. The fourth-order valence-corrected chi connectivity index (χ4v) is 2.97. The average Bonchev–Trinajstić information content (AvgIpc) is 3.15. The highest BCUT2D eigenvalue weighted by molar-refractivity contribution is 7.98. The summed E-state index contributed by atoms with van der Waals surface area (Å²) >= 11 is 1.70. The molecule has 0 saturated heterocycles. The maximum Gasteiger partial charge on any atom is 0.251 e. The minimum atomic E-state index is -0.323. The molecule has 1 aromatic heterocycles. The van der Waals surface area contributed by atoms with Crippen molar-refractivity contribution in [2.45, 2.75) is 12.5 Å². The van der Waals surface area contributed by atoms with Gasteiger partial charge < -0.3 is 19.9 Å². The highest BCUT2D eigenvalue weighted by Crippen LogP contribution is 2.27. The van der Waals surface area contributed by atoms with Crippen LogP contribution in [0.25, 0.3) is 0 Å². The SMILES string of the molecule is CNC(=O)c1ccc(OC)c(NC(=O)[C@H](CCSC)n2cccc2)c1. The minimum absolute atomic E-state index is 0.141. The first-order chi connectivity index (χ1) is 12.1. The van der Waals surface area contributed by atoms with E-state index in [4.69, 9.17) is 4.74 Å². The molecular weight excluding hydrogens is 338 g/mol. The van der Waals surface area contributed by atoms with Crippen molar-refractivity contribution in [1.82, 2.24) is 9.88 Å². The van der Waals surface area contributed by atoms with Crippen molar-refractivity contribution in [1.29, 1.82) is 0 Å². The molecular formula is C18H23N3O3S. The Labute approximate surface area is 151 Å². The Morgan fingerprint density at radius 1 is 1.28 bits per heavy atom. The van der Waals surface area contributed by atoms with E-state index in [1.54, 1.807) is 37.0 Å². The molecule has 0 unspecified atom stereocenters. The molecule has 2 aromatic rings. The number of thioether (sulfide) groups is 1. The van der Waals surface area contributed by atoms with Crippen LogP contribution >= 0.6 is 11.8 Å². The first-order valence-corrected chi connectivity index (χ1v) is 9.32. The van der Waals surface area contributed by atoms with E-state index in [9.17, 15) is 9.59 Å². The van der Waals surface area contributed by atoms with Crippen LogP contribution in [0.5, 0.6) is 5.75 Å². The standard InChI is InChI=1S/C18H23N3O3S/c1-19-17(22)13-6-7-16(24-2)14(12-13)20-18(23)15(8-11-25-3)21-9-4-5-10-21/h4-7,9-10,12,15H,8,11H2,1-3H3,(H,19,22)(H,20,23)/t15-/m0/s1. The van der Waals surface area contributed by atoms with Crippen LogP contribution in [-0.4, -0.2) is 42.5 Å². The van der Waals surface area contributed by atoms with Crippen molar-refractivity contribution < 1.29 is 14.3 Å². The molecule has 0 bridgehead atoms. The smallest absolute Gasteiger partial charge is 0.251 e. The van der Waals surface area contributed by atoms with E-state index in [1.807, 2.05) is 35.3 Å². The molecule has 25 heavy (non-hydrogen) atoms. The van der Waals surface area contributed by atoms with Crippen LogP contribution in [0.3, 0.4) is 0 Å². The Balaban J connectivity index is 2.26. The normalized spacial score (nSPS) is 11.6. The largest absolute Gasteiger partial charge is 0.495 e. The number of aromatic nitrogens is 1. The van der Waals surface area contributed by atoms with Crippen molar-refractivity contribution in [3.8, 4) is 5.75 Å². The zero-order valence-corrected chi connectivity index (χ0v) is 15.4. The van der Waals surface area contributed by atoms with Crippen LogP contribution in [0.1, 0.15) is 22.8 Å². The summed E-state index contributed by atoms with van der Waals surface area (Å²) in [7, 11) is 3.09. The summed E-state index contributed by atoms with van der Waals surface area (Å²) in [4.78, 5) is 24.7. The summed E-state index contributed by atoms with van der Waals surface area (Å²) < 4.78 is 7.20. The third-order valence-electron chi connectivity index (χ3n) is 3.83. The van der Waals surface area contributed by atoms with Gasteiger partial charge in [0.05, 0.1) is 12.8 Å². The van der Waals surface area contributed by atoms with Crippen LogP contribution in [0.15, 0.2) is 42.7 Å². The molecule has 2 N–H and O–H groups in total. The van der Waals surface area contributed by atoms with Crippen molar-refractivity contribution in [3.63, 3.8) is 0 Å². The quantitative estimate of drug-likeness (QED) is 0.758. The van der Waals surface area contributed by atoms with Gasteiger partial charge in [-0.2, -0.15) is 11.8 Å². The third kappa shape index (κ3) is 4.79. The number of nitrogens with zero attached hydrogens (tertiary/aromatic N) is 1. The maximum atomic E-state index is 12.8. The van der Waals surface area contributed by atoms with E-state index in [-0.39, 0.29) is 17.9 Å². The Morgan fingerprint density at radius 3 is 2.60 bits per heavy atom. The van der Waals surface area contributed by atoms with Gasteiger partial charge in [-0.05, 0) is 48.8 Å². The lowest BCUT2D eigenvalue weighted by Crippen LogP contribution is -2.26. The molecule has 1 aromatic carbocycles. The molecule has 0 aliphatic rings. The summed E-state index contributed by atoms with van der Waals surface area (Å²) in [5.41, 5.74) is 0.940. The number of methoxy groups -OCH3 is 1. The average molecular weight is 361 g/mol. The number of amides is 2. The highest BCUT2D eigenvalue weighted by Gasteiger charge is 2.21. The summed E-state index contributed by atoms with van der Waals surface area (Å²) in [6.45, 7) is 0.